The molecule has 0 aliphatic heterocycles. The highest BCUT2D eigenvalue weighted by Crippen LogP contribution is 2.18. The van der Waals surface area contributed by atoms with Gasteiger partial charge >= 0.3 is 6.18 Å². The van der Waals surface area contributed by atoms with Crippen LogP contribution in [0.4, 0.5) is 13.2 Å². The van der Waals surface area contributed by atoms with Crippen LogP contribution in [0.5, 0.6) is 0 Å². The topological polar surface area (TPSA) is 49.3 Å². The fourth-order valence-electron chi connectivity index (χ4n) is 1.61. The molecule has 0 radical (unpaired) electrons. The monoisotopic (exact) mass is 302 g/mol. The van der Waals surface area contributed by atoms with Crippen LogP contribution < -0.4 is 10.6 Å². The Kier molecular flexibility index (Phi) is 6.98. The Bertz CT molecular complexity index is 441. The van der Waals surface area contributed by atoms with Crippen LogP contribution >= 0.6 is 0 Å². The number of hydrogen-bond donors (Lipinski definition) is 2. The smallest absolute Gasteiger partial charge is 0.357 e. The average molecular weight is 302 g/mol. The van der Waals surface area contributed by atoms with Gasteiger partial charge in [-0.3, -0.25) is 9.98 Å². The molecule has 0 saturated heterocycles. The first-order valence-corrected chi connectivity index (χ1v) is 6.91. The SMILES string of the molecule is CCNC(=NCCC(F)(F)F)NCCc1ccc(C)nc1. The van der Waals surface area contributed by atoms with Gasteiger partial charge in [0.25, 0.3) is 0 Å². The molecule has 0 atom stereocenters. The van der Waals surface area contributed by atoms with Crippen molar-refractivity contribution in [2.45, 2.75) is 32.9 Å². The summed E-state index contributed by atoms with van der Waals surface area (Å²) < 4.78 is 36.2. The highest BCUT2D eigenvalue weighted by atomic mass is 19.4. The van der Waals surface area contributed by atoms with Crippen molar-refractivity contribution in [2.24, 2.45) is 4.99 Å². The molecule has 0 spiro atoms. The van der Waals surface area contributed by atoms with Gasteiger partial charge in [-0.1, -0.05) is 6.07 Å². The largest absolute Gasteiger partial charge is 0.390 e. The van der Waals surface area contributed by atoms with Gasteiger partial charge < -0.3 is 10.6 Å². The maximum absolute atomic E-state index is 12.1. The van der Waals surface area contributed by atoms with Gasteiger partial charge in [0.1, 0.15) is 0 Å². The van der Waals surface area contributed by atoms with E-state index in [4.69, 9.17) is 0 Å². The molecule has 0 fully saturated rings. The number of pyridine rings is 1. The highest BCUT2D eigenvalue weighted by molar-refractivity contribution is 5.79. The summed E-state index contributed by atoms with van der Waals surface area (Å²) in [5, 5.41) is 5.93. The van der Waals surface area contributed by atoms with E-state index in [0.29, 0.717) is 19.0 Å². The molecular formula is C14H21F3N4. The number of aliphatic imine (C=N–C) groups is 1. The normalized spacial score (nSPS) is 12.3. The molecule has 1 aromatic rings. The Morgan fingerprint density at radius 1 is 1.29 bits per heavy atom. The third-order valence-electron chi connectivity index (χ3n) is 2.69. The van der Waals surface area contributed by atoms with E-state index in [-0.39, 0.29) is 6.54 Å². The number of nitrogens with zero attached hydrogens (tertiary/aromatic N) is 2. The van der Waals surface area contributed by atoms with Crippen LogP contribution in [0, 0.1) is 6.92 Å². The maximum atomic E-state index is 12.1. The Hall–Kier alpha value is -1.79. The van der Waals surface area contributed by atoms with Crippen molar-refractivity contribution in [2.75, 3.05) is 19.6 Å². The molecule has 1 rings (SSSR count). The molecule has 0 bridgehead atoms. The zero-order valence-corrected chi connectivity index (χ0v) is 12.3. The second kappa shape index (κ2) is 8.49. The number of hydrogen-bond acceptors (Lipinski definition) is 2. The molecule has 0 aliphatic rings. The summed E-state index contributed by atoms with van der Waals surface area (Å²) >= 11 is 0. The number of guanidine groups is 1. The average Bonchev–Trinajstić information content (AvgIpc) is 2.39. The highest BCUT2D eigenvalue weighted by Gasteiger charge is 2.26. The lowest BCUT2D eigenvalue weighted by molar-refractivity contribution is -0.132. The number of aryl methyl sites for hydroxylation is 1. The first-order chi connectivity index (χ1) is 9.90. The standard InChI is InChI=1S/C14H21F3N4/c1-3-18-13(20-9-7-14(15,16)17)19-8-6-12-5-4-11(2)21-10-12/h4-5,10H,3,6-9H2,1-2H3,(H2,18,19,20). The number of rotatable bonds is 6. The predicted octanol–water partition coefficient (Wildman–Crippen LogP) is 2.44. The van der Waals surface area contributed by atoms with Gasteiger partial charge in [-0.25, -0.2) is 0 Å². The van der Waals surface area contributed by atoms with E-state index in [1.54, 1.807) is 6.20 Å². The lowest BCUT2D eigenvalue weighted by atomic mass is 10.2. The zero-order chi connectivity index (χ0) is 15.7. The third kappa shape index (κ3) is 8.16. The summed E-state index contributed by atoms with van der Waals surface area (Å²) in [6.07, 6.45) is -2.55. The van der Waals surface area contributed by atoms with Crippen molar-refractivity contribution in [3.63, 3.8) is 0 Å². The molecule has 7 heteroatoms. The number of halogens is 3. The van der Waals surface area contributed by atoms with E-state index in [0.717, 1.165) is 17.7 Å². The van der Waals surface area contributed by atoms with Gasteiger partial charge in [-0.2, -0.15) is 13.2 Å². The number of aromatic nitrogens is 1. The third-order valence-corrected chi connectivity index (χ3v) is 2.69. The quantitative estimate of drug-likeness (QED) is 0.627. The molecule has 0 aliphatic carbocycles. The fraction of sp³-hybridized carbons (Fsp3) is 0.571. The molecule has 0 amide bonds. The Morgan fingerprint density at radius 2 is 2.05 bits per heavy atom. The first-order valence-electron chi connectivity index (χ1n) is 6.91. The van der Waals surface area contributed by atoms with Gasteiger partial charge in [-0.05, 0) is 31.9 Å². The van der Waals surface area contributed by atoms with Gasteiger partial charge in [0.15, 0.2) is 5.96 Å². The summed E-state index contributed by atoms with van der Waals surface area (Å²) in [7, 11) is 0. The van der Waals surface area contributed by atoms with Gasteiger partial charge in [0.05, 0.1) is 13.0 Å². The van der Waals surface area contributed by atoms with Crippen molar-refractivity contribution in [1.29, 1.82) is 0 Å². The summed E-state index contributed by atoms with van der Waals surface area (Å²) in [4.78, 5) is 8.09. The number of alkyl halides is 3. The molecule has 1 heterocycles. The van der Waals surface area contributed by atoms with Crippen molar-refractivity contribution < 1.29 is 13.2 Å². The summed E-state index contributed by atoms with van der Waals surface area (Å²) in [5.41, 5.74) is 2.02. The lowest BCUT2D eigenvalue weighted by Gasteiger charge is -2.11. The van der Waals surface area contributed by atoms with E-state index in [1.807, 2.05) is 26.0 Å². The van der Waals surface area contributed by atoms with Crippen molar-refractivity contribution in [3.05, 3.63) is 29.6 Å². The van der Waals surface area contributed by atoms with Crippen LogP contribution in [-0.2, 0) is 6.42 Å². The maximum Gasteiger partial charge on any atom is 0.390 e. The summed E-state index contributed by atoms with van der Waals surface area (Å²) in [5.74, 6) is 0.404. The first kappa shape index (κ1) is 17.3. The van der Waals surface area contributed by atoms with Crippen LogP contribution in [0.15, 0.2) is 23.3 Å². The van der Waals surface area contributed by atoms with Crippen LogP contribution in [-0.4, -0.2) is 36.8 Å². The molecule has 4 nitrogen and oxygen atoms in total. The van der Waals surface area contributed by atoms with E-state index in [2.05, 4.69) is 20.6 Å². The Labute approximate surface area is 122 Å². The molecule has 0 saturated carbocycles. The summed E-state index contributed by atoms with van der Waals surface area (Å²) in [6, 6.07) is 3.91. The van der Waals surface area contributed by atoms with Crippen LogP contribution in [0.25, 0.3) is 0 Å². The molecule has 21 heavy (non-hydrogen) atoms. The molecule has 2 N–H and O–H groups in total. The number of nitrogens with one attached hydrogen (secondary N) is 2. The zero-order valence-electron chi connectivity index (χ0n) is 12.3. The molecule has 118 valence electrons. The Morgan fingerprint density at radius 3 is 2.62 bits per heavy atom. The van der Waals surface area contributed by atoms with E-state index < -0.39 is 12.6 Å². The van der Waals surface area contributed by atoms with E-state index in [1.165, 1.54) is 0 Å². The van der Waals surface area contributed by atoms with Gasteiger partial charge in [-0.15, -0.1) is 0 Å². The lowest BCUT2D eigenvalue weighted by Crippen LogP contribution is -2.38. The van der Waals surface area contributed by atoms with Gasteiger partial charge in [0.2, 0.25) is 0 Å². The van der Waals surface area contributed by atoms with Crippen molar-refractivity contribution >= 4 is 5.96 Å². The molecule has 0 aromatic carbocycles. The minimum Gasteiger partial charge on any atom is -0.357 e. The molecular weight excluding hydrogens is 281 g/mol. The molecule has 0 unspecified atom stereocenters. The van der Waals surface area contributed by atoms with Crippen LogP contribution in [0.3, 0.4) is 0 Å². The summed E-state index contributed by atoms with van der Waals surface area (Å²) in [6.45, 7) is 4.70. The minimum absolute atomic E-state index is 0.273. The van der Waals surface area contributed by atoms with Crippen molar-refractivity contribution in [1.82, 2.24) is 15.6 Å². The van der Waals surface area contributed by atoms with Gasteiger partial charge in [0, 0.05) is 25.0 Å². The van der Waals surface area contributed by atoms with E-state index in [9.17, 15) is 13.2 Å². The second-order valence-corrected chi connectivity index (χ2v) is 4.61. The predicted molar refractivity (Wildman–Crippen MR) is 77.3 cm³/mol. The minimum atomic E-state index is -4.17. The second-order valence-electron chi connectivity index (χ2n) is 4.61. The van der Waals surface area contributed by atoms with Crippen LogP contribution in [0.1, 0.15) is 24.6 Å². The van der Waals surface area contributed by atoms with E-state index >= 15 is 0 Å². The van der Waals surface area contributed by atoms with Crippen LogP contribution in [0.2, 0.25) is 0 Å². The van der Waals surface area contributed by atoms with Crippen molar-refractivity contribution in [3.8, 4) is 0 Å². The fourth-order valence-corrected chi connectivity index (χ4v) is 1.61. The Balaban J connectivity index is 2.39. The molecule has 1 aromatic heterocycles.